The Hall–Kier alpha value is -1.52. The average molecular weight is 419 g/mol. The predicted molar refractivity (Wildman–Crippen MR) is 120 cm³/mol. The van der Waals surface area contributed by atoms with Crippen LogP contribution >= 0.6 is 0 Å². The van der Waals surface area contributed by atoms with Crippen LogP contribution in [0.15, 0.2) is 48.8 Å². The molecule has 0 fully saturated rings. The summed E-state index contributed by atoms with van der Waals surface area (Å²) in [5.41, 5.74) is 3.57. The van der Waals surface area contributed by atoms with Crippen molar-refractivity contribution in [3.05, 3.63) is 59.9 Å². The average Bonchev–Trinajstić information content (AvgIpc) is 2.64. The number of likely N-dealkylation sites (N-methyl/N-ethyl adjacent to an activating group) is 1. The molecule has 0 N–H and O–H groups in total. The quantitative estimate of drug-likeness (QED) is 0.487. The van der Waals surface area contributed by atoms with Crippen molar-refractivity contribution in [2.24, 2.45) is 0 Å². The number of hydrogen-bond acceptors (Lipinski definition) is 5. The van der Waals surface area contributed by atoms with E-state index in [1.165, 1.54) is 11.3 Å². The first-order valence-electron chi connectivity index (χ1n) is 9.89. The van der Waals surface area contributed by atoms with Gasteiger partial charge in [0.2, 0.25) is 0 Å². The van der Waals surface area contributed by atoms with Gasteiger partial charge in [-0.15, -0.1) is 0 Å². The van der Waals surface area contributed by atoms with E-state index in [1.807, 2.05) is 18.3 Å². The van der Waals surface area contributed by atoms with Crippen molar-refractivity contribution < 1.29 is 13.0 Å². The molecule has 28 heavy (non-hydrogen) atoms. The summed E-state index contributed by atoms with van der Waals surface area (Å²) in [4.78, 5) is 6.46. The standard InChI is InChI=1S/C21H34N2O3Si2/c1-7-23(21-12-8-10-19(2)16-21)14-15-24-27(3,4)26-28(5,6)25-18-20-11-9-13-22-17-20/h8-13,16-17H,7,14-15,18H2,1-6H3. The SMILES string of the molecule is CCN(CCO[Si](C)(C)O[Si](C)(C)OCc1cccnc1)c1cccc(C)c1. The van der Waals surface area contributed by atoms with E-state index in [0.29, 0.717) is 13.2 Å². The van der Waals surface area contributed by atoms with E-state index in [2.05, 4.69) is 74.2 Å². The summed E-state index contributed by atoms with van der Waals surface area (Å²) >= 11 is 0. The molecule has 2 aromatic rings. The minimum absolute atomic E-state index is 0.522. The van der Waals surface area contributed by atoms with Crippen LogP contribution in [-0.4, -0.2) is 41.8 Å². The summed E-state index contributed by atoms with van der Waals surface area (Å²) in [5, 5.41) is 0. The maximum Gasteiger partial charge on any atom is 0.323 e. The van der Waals surface area contributed by atoms with Crippen LogP contribution in [0.2, 0.25) is 26.2 Å². The molecular weight excluding hydrogens is 384 g/mol. The number of aromatic nitrogens is 1. The summed E-state index contributed by atoms with van der Waals surface area (Å²) < 4.78 is 18.7. The van der Waals surface area contributed by atoms with Crippen molar-refractivity contribution in [2.75, 3.05) is 24.6 Å². The second-order valence-electron chi connectivity index (χ2n) is 7.82. The zero-order valence-corrected chi connectivity index (χ0v) is 20.1. The highest BCUT2D eigenvalue weighted by atomic mass is 28.5. The summed E-state index contributed by atoms with van der Waals surface area (Å²) in [7, 11) is -4.56. The third kappa shape index (κ3) is 7.85. The molecule has 1 heterocycles. The van der Waals surface area contributed by atoms with E-state index in [-0.39, 0.29) is 0 Å². The first-order valence-corrected chi connectivity index (χ1v) is 15.5. The Morgan fingerprint density at radius 1 is 1.00 bits per heavy atom. The van der Waals surface area contributed by atoms with Crippen LogP contribution in [0.1, 0.15) is 18.1 Å². The molecule has 5 nitrogen and oxygen atoms in total. The van der Waals surface area contributed by atoms with E-state index >= 15 is 0 Å². The Morgan fingerprint density at radius 2 is 1.75 bits per heavy atom. The molecule has 0 aliphatic rings. The van der Waals surface area contributed by atoms with E-state index in [4.69, 9.17) is 13.0 Å². The fourth-order valence-electron chi connectivity index (χ4n) is 3.09. The monoisotopic (exact) mass is 418 g/mol. The van der Waals surface area contributed by atoms with Gasteiger partial charge < -0.3 is 17.9 Å². The Balaban J connectivity index is 1.82. The molecular formula is C21H34N2O3Si2. The van der Waals surface area contributed by atoms with Crippen LogP contribution in [0.5, 0.6) is 0 Å². The van der Waals surface area contributed by atoms with Crippen molar-refractivity contribution in [3.8, 4) is 0 Å². The molecule has 7 heteroatoms. The molecule has 0 saturated heterocycles. The molecule has 1 aromatic carbocycles. The fourth-order valence-corrected chi connectivity index (χ4v) is 9.39. The molecule has 0 aliphatic heterocycles. The van der Waals surface area contributed by atoms with Gasteiger partial charge in [0.25, 0.3) is 0 Å². The van der Waals surface area contributed by atoms with Crippen LogP contribution in [0.4, 0.5) is 5.69 Å². The molecule has 0 saturated carbocycles. The molecule has 0 amide bonds. The zero-order valence-electron chi connectivity index (χ0n) is 18.1. The number of benzene rings is 1. The summed E-state index contributed by atoms with van der Waals surface area (Å²) in [6, 6.07) is 12.5. The molecule has 0 unspecified atom stereocenters. The summed E-state index contributed by atoms with van der Waals surface area (Å²) in [5.74, 6) is 0. The van der Waals surface area contributed by atoms with Gasteiger partial charge in [-0.1, -0.05) is 18.2 Å². The Morgan fingerprint density at radius 3 is 2.39 bits per heavy atom. The first kappa shape index (κ1) is 22.8. The number of pyridine rings is 1. The number of anilines is 1. The van der Waals surface area contributed by atoms with Crippen LogP contribution in [0.25, 0.3) is 0 Å². The summed E-state index contributed by atoms with van der Waals surface area (Å²) in [6.45, 7) is 15.6. The lowest BCUT2D eigenvalue weighted by molar-refractivity contribution is 0.192. The predicted octanol–water partition coefficient (Wildman–Crippen LogP) is 4.87. The molecule has 0 radical (unpaired) electrons. The van der Waals surface area contributed by atoms with E-state index in [9.17, 15) is 0 Å². The molecule has 154 valence electrons. The number of hydrogen-bond donors (Lipinski definition) is 0. The molecule has 0 atom stereocenters. The van der Waals surface area contributed by atoms with Crippen molar-refractivity contribution in [3.63, 3.8) is 0 Å². The van der Waals surface area contributed by atoms with Crippen molar-refractivity contribution in [1.82, 2.24) is 4.98 Å². The van der Waals surface area contributed by atoms with Gasteiger partial charge in [-0.3, -0.25) is 4.98 Å². The number of rotatable bonds is 11. The Labute approximate surface area is 172 Å². The third-order valence-electron chi connectivity index (χ3n) is 4.36. The van der Waals surface area contributed by atoms with Crippen LogP contribution in [0.3, 0.4) is 0 Å². The maximum absolute atomic E-state index is 6.38. The van der Waals surface area contributed by atoms with E-state index in [1.54, 1.807) is 6.20 Å². The molecule has 1 aromatic heterocycles. The van der Waals surface area contributed by atoms with Crippen LogP contribution in [0, 0.1) is 6.92 Å². The lowest BCUT2D eigenvalue weighted by Gasteiger charge is -2.33. The lowest BCUT2D eigenvalue weighted by atomic mass is 10.2. The third-order valence-corrected chi connectivity index (χ3v) is 10.0. The molecule has 2 rings (SSSR count). The molecule has 0 spiro atoms. The van der Waals surface area contributed by atoms with Gasteiger partial charge >= 0.3 is 17.1 Å². The van der Waals surface area contributed by atoms with Gasteiger partial charge in [-0.05, 0) is 69.4 Å². The minimum atomic E-state index is -2.28. The molecule has 0 aliphatic carbocycles. The van der Waals surface area contributed by atoms with Crippen molar-refractivity contribution in [1.29, 1.82) is 0 Å². The topological polar surface area (TPSA) is 43.8 Å². The Kier molecular flexibility index (Phi) is 8.39. The lowest BCUT2D eigenvalue weighted by Crippen LogP contribution is -2.49. The maximum atomic E-state index is 6.38. The minimum Gasteiger partial charge on any atom is -0.415 e. The van der Waals surface area contributed by atoms with Crippen LogP contribution < -0.4 is 4.90 Å². The summed E-state index contributed by atoms with van der Waals surface area (Å²) in [6.07, 6.45) is 3.59. The first-order chi connectivity index (χ1) is 13.2. The van der Waals surface area contributed by atoms with Gasteiger partial charge in [-0.2, -0.15) is 0 Å². The van der Waals surface area contributed by atoms with E-state index in [0.717, 1.165) is 18.7 Å². The highest BCUT2D eigenvalue weighted by Gasteiger charge is 2.36. The highest BCUT2D eigenvalue weighted by Crippen LogP contribution is 2.19. The van der Waals surface area contributed by atoms with Gasteiger partial charge in [0, 0.05) is 31.2 Å². The zero-order chi connectivity index (χ0) is 20.6. The largest absolute Gasteiger partial charge is 0.415 e. The smallest absolute Gasteiger partial charge is 0.323 e. The van der Waals surface area contributed by atoms with E-state index < -0.39 is 17.1 Å². The number of aryl methyl sites for hydroxylation is 1. The van der Waals surface area contributed by atoms with Gasteiger partial charge in [0.1, 0.15) is 0 Å². The van der Waals surface area contributed by atoms with Gasteiger partial charge in [0.05, 0.1) is 13.2 Å². The second-order valence-corrected chi connectivity index (χ2v) is 14.8. The Bertz CT molecular complexity index is 727. The normalized spacial score (nSPS) is 12.2. The van der Waals surface area contributed by atoms with Gasteiger partial charge in [-0.25, -0.2) is 0 Å². The van der Waals surface area contributed by atoms with Crippen molar-refractivity contribution >= 4 is 22.8 Å². The van der Waals surface area contributed by atoms with Gasteiger partial charge in [0.15, 0.2) is 0 Å². The molecule has 0 bridgehead atoms. The highest BCUT2D eigenvalue weighted by molar-refractivity contribution is 6.78. The second kappa shape index (κ2) is 10.3. The fraction of sp³-hybridized carbons (Fsp3) is 0.476. The van der Waals surface area contributed by atoms with Crippen LogP contribution in [-0.2, 0) is 19.6 Å². The number of nitrogens with zero attached hydrogens (tertiary/aromatic N) is 2. The van der Waals surface area contributed by atoms with Crippen molar-refractivity contribution in [2.45, 2.75) is 46.6 Å².